The summed E-state index contributed by atoms with van der Waals surface area (Å²) in [6.45, 7) is 0. The van der Waals surface area contributed by atoms with E-state index in [0.29, 0.717) is 5.69 Å². The Hall–Kier alpha value is -1.10. The van der Waals surface area contributed by atoms with Gasteiger partial charge in [0.1, 0.15) is 0 Å². The van der Waals surface area contributed by atoms with Crippen molar-refractivity contribution in [1.82, 2.24) is 0 Å². The van der Waals surface area contributed by atoms with Crippen LogP contribution >= 0.6 is 12.4 Å². The molecule has 1 rings (SSSR count). The number of nitrogen functional groups attached to an aromatic ring is 1. The van der Waals surface area contributed by atoms with E-state index in [2.05, 4.69) is 4.74 Å². The fourth-order valence-corrected chi connectivity index (χ4v) is 0.846. The molecule has 4 nitrogen and oxygen atoms in total. The maximum atomic E-state index is 10.9. The summed E-state index contributed by atoms with van der Waals surface area (Å²) in [6, 6.07) is 8.99. The lowest BCUT2D eigenvalue weighted by molar-refractivity contribution is -0.765. The van der Waals surface area contributed by atoms with Crippen LogP contribution in [0.15, 0.2) is 30.3 Å². The standard InChI is InChI=1S/C8H10N2O2.ClH/c1-12-8(11)10(9)7-5-3-2-4-6-7;/h2-6H,9H2,1H3;1H/p+1. The number of quaternary nitrogens is 1. The molecule has 0 aromatic heterocycles. The zero-order chi connectivity index (χ0) is 8.97. The predicted molar refractivity (Wildman–Crippen MR) is 50.9 cm³/mol. The zero-order valence-electron chi connectivity index (χ0n) is 7.19. The van der Waals surface area contributed by atoms with Gasteiger partial charge in [-0.2, -0.15) is 10.6 Å². The van der Waals surface area contributed by atoms with Crippen molar-refractivity contribution in [2.75, 3.05) is 7.11 Å². The molecule has 3 N–H and O–H groups in total. The van der Waals surface area contributed by atoms with Crippen LogP contribution in [0.25, 0.3) is 0 Å². The molecule has 72 valence electrons. The van der Waals surface area contributed by atoms with Gasteiger partial charge in [0.2, 0.25) is 0 Å². The molecule has 0 heterocycles. The van der Waals surface area contributed by atoms with Crippen LogP contribution in [-0.4, -0.2) is 13.2 Å². The molecule has 1 atom stereocenters. The van der Waals surface area contributed by atoms with E-state index in [0.717, 1.165) is 0 Å². The predicted octanol–water partition coefficient (Wildman–Crippen LogP) is 0.265. The summed E-state index contributed by atoms with van der Waals surface area (Å²) in [6.07, 6.45) is -0.499. The molecule has 0 fully saturated rings. The van der Waals surface area contributed by atoms with Crippen LogP contribution < -0.4 is 10.9 Å². The number of hydrogen-bond acceptors (Lipinski definition) is 3. The van der Waals surface area contributed by atoms with E-state index in [1.165, 1.54) is 7.11 Å². The summed E-state index contributed by atoms with van der Waals surface area (Å²) in [5.41, 5.74) is 0.685. The Balaban J connectivity index is 0.00000144. The number of rotatable bonds is 1. The minimum atomic E-state index is -0.499. The Kier molecular flexibility index (Phi) is 5.06. The number of methoxy groups -OCH3 is 1. The van der Waals surface area contributed by atoms with Crippen molar-refractivity contribution in [3.63, 3.8) is 0 Å². The highest BCUT2D eigenvalue weighted by Crippen LogP contribution is 1.96. The molecule has 0 saturated carbocycles. The Morgan fingerprint density at radius 2 is 1.92 bits per heavy atom. The number of amides is 1. The van der Waals surface area contributed by atoms with Gasteiger partial charge in [-0.05, 0) is 0 Å². The smallest absolute Gasteiger partial charge is 0.422 e. The third-order valence-corrected chi connectivity index (χ3v) is 1.49. The number of nitrogens with two attached hydrogens (primary N) is 1. The zero-order valence-corrected chi connectivity index (χ0v) is 8.01. The molecule has 1 amide bonds. The Morgan fingerprint density at radius 3 is 2.38 bits per heavy atom. The van der Waals surface area contributed by atoms with Gasteiger partial charge in [-0.25, -0.2) is 0 Å². The van der Waals surface area contributed by atoms with Crippen LogP contribution in [0.1, 0.15) is 0 Å². The van der Waals surface area contributed by atoms with Crippen molar-refractivity contribution in [3.8, 4) is 0 Å². The number of benzene rings is 1. The molecule has 0 aliphatic rings. The van der Waals surface area contributed by atoms with E-state index in [1.807, 2.05) is 18.2 Å². The highest BCUT2D eigenvalue weighted by Gasteiger charge is 2.17. The molecule has 0 aliphatic carbocycles. The van der Waals surface area contributed by atoms with Crippen LogP contribution in [0.2, 0.25) is 0 Å². The van der Waals surface area contributed by atoms with Crippen molar-refractivity contribution in [2.45, 2.75) is 0 Å². The van der Waals surface area contributed by atoms with Crippen molar-refractivity contribution < 1.29 is 14.5 Å². The number of carbonyl (C=O) groups excluding carboxylic acids is 1. The van der Waals surface area contributed by atoms with E-state index in [-0.39, 0.29) is 17.4 Å². The van der Waals surface area contributed by atoms with Gasteiger partial charge < -0.3 is 4.74 Å². The first kappa shape index (κ1) is 11.9. The Morgan fingerprint density at radius 1 is 1.38 bits per heavy atom. The fraction of sp³-hybridized carbons (Fsp3) is 0.125. The summed E-state index contributed by atoms with van der Waals surface area (Å²) < 4.78 is 4.47. The van der Waals surface area contributed by atoms with E-state index in [9.17, 15) is 4.79 Å². The second kappa shape index (κ2) is 5.53. The number of halogens is 1. The topological polar surface area (TPSA) is 56.8 Å². The van der Waals surface area contributed by atoms with Crippen molar-refractivity contribution in [1.29, 1.82) is 0 Å². The normalized spacial score (nSPS) is 11.2. The van der Waals surface area contributed by atoms with E-state index in [4.69, 9.17) is 5.84 Å². The monoisotopic (exact) mass is 203 g/mol. The van der Waals surface area contributed by atoms with Gasteiger partial charge in [-0.15, -0.1) is 17.4 Å². The summed E-state index contributed by atoms with van der Waals surface area (Å²) in [5, 5.41) is 0.137. The summed E-state index contributed by atoms with van der Waals surface area (Å²) in [4.78, 5) is 10.9. The van der Waals surface area contributed by atoms with Crippen LogP contribution in [0.3, 0.4) is 0 Å². The molecule has 13 heavy (non-hydrogen) atoms. The molecule has 1 aromatic rings. The van der Waals surface area contributed by atoms with Gasteiger partial charge in [-0.3, -0.25) is 0 Å². The molecule has 1 unspecified atom stereocenters. The molecule has 5 heteroatoms. The molecule has 0 aliphatic heterocycles. The van der Waals surface area contributed by atoms with Gasteiger partial charge in [0.25, 0.3) is 0 Å². The fourth-order valence-electron chi connectivity index (χ4n) is 0.846. The molecular weight excluding hydrogens is 192 g/mol. The third-order valence-electron chi connectivity index (χ3n) is 1.49. The van der Waals surface area contributed by atoms with Gasteiger partial charge in [-0.1, -0.05) is 18.2 Å². The number of para-hydroxylation sites is 1. The summed E-state index contributed by atoms with van der Waals surface area (Å²) >= 11 is 0. The summed E-state index contributed by atoms with van der Waals surface area (Å²) in [5.74, 6) is 5.49. The Bertz CT molecular complexity index is 266. The minimum Gasteiger partial charge on any atom is -0.422 e. The van der Waals surface area contributed by atoms with E-state index in [1.54, 1.807) is 12.1 Å². The largest absolute Gasteiger partial charge is 0.539 e. The van der Waals surface area contributed by atoms with Crippen LogP contribution in [-0.2, 0) is 4.74 Å². The number of nitrogens with one attached hydrogen (secondary N) is 1. The first-order valence-corrected chi connectivity index (χ1v) is 3.52. The minimum absolute atomic E-state index is 0. The van der Waals surface area contributed by atoms with Gasteiger partial charge >= 0.3 is 6.09 Å². The first-order valence-electron chi connectivity index (χ1n) is 3.52. The lowest BCUT2D eigenvalue weighted by Gasteiger charge is -2.06. The second-order valence-electron chi connectivity index (χ2n) is 2.27. The molecule has 0 radical (unpaired) electrons. The van der Waals surface area contributed by atoms with E-state index >= 15 is 0 Å². The number of ether oxygens (including phenoxy) is 1. The highest BCUT2D eigenvalue weighted by atomic mass is 35.5. The van der Waals surface area contributed by atoms with Gasteiger partial charge in [0, 0.05) is 12.1 Å². The molecular formula is C8H12ClN2O2+. The number of hydrogen-bond donors (Lipinski definition) is 2. The highest BCUT2D eigenvalue weighted by molar-refractivity contribution is 5.85. The molecule has 0 spiro atoms. The summed E-state index contributed by atoms with van der Waals surface area (Å²) in [7, 11) is 1.30. The third kappa shape index (κ3) is 3.02. The molecule has 0 saturated heterocycles. The van der Waals surface area contributed by atoms with Crippen LogP contribution in [0.5, 0.6) is 0 Å². The van der Waals surface area contributed by atoms with Gasteiger partial charge in [0.15, 0.2) is 5.69 Å². The lowest BCUT2D eigenvalue weighted by atomic mass is 10.3. The van der Waals surface area contributed by atoms with Crippen molar-refractivity contribution in [2.24, 2.45) is 5.84 Å². The lowest BCUT2D eigenvalue weighted by Crippen LogP contribution is -3.15. The first-order chi connectivity index (χ1) is 5.75. The van der Waals surface area contributed by atoms with Crippen molar-refractivity contribution >= 4 is 24.2 Å². The second-order valence-corrected chi connectivity index (χ2v) is 2.27. The quantitative estimate of drug-likeness (QED) is 0.391. The maximum Gasteiger partial charge on any atom is 0.539 e. The maximum absolute atomic E-state index is 10.9. The number of carbonyl (C=O) groups is 1. The average Bonchev–Trinajstić information content (AvgIpc) is 2.17. The van der Waals surface area contributed by atoms with Crippen LogP contribution in [0.4, 0.5) is 10.5 Å². The van der Waals surface area contributed by atoms with E-state index < -0.39 is 6.09 Å². The average molecular weight is 204 g/mol. The molecule has 1 aromatic carbocycles. The van der Waals surface area contributed by atoms with Gasteiger partial charge in [0.05, 0.1) is 7.11 Å². The Labute approximate surface area is 82.7 Å². The van der Waals surface area contributed by atoms with Crippen molar-refractivity contribution in [3.05, 3.63) is 30.3 Å². The van der Waals surface area contributed by atoms with Crippen LogP contribution in [0, 0.1) is 0 Å². The molecule has 0 bridgehead atoms. The SMILES string of the molecule is COC(=O)[NH+](N)c1ccccc1.Cl.